The van der Waals surface area contributed by atoms with Crippen molar-refractivity contribution >= 4 is 0 Å². The molecule has 0 saturated heterocycles. The van der Waals surface area contributed by atoms with E-state index in [0.29, 0.717) is 6.54 Å². The quantitative estimate of drug-likeness (QED) is 0.777. The van der Waals surface area contributed by atoms with Gasteiger partial charge in [0.1, 0.15) is 5.75 Å². The Hall–Kier alpha value is -1.06. The van der Waals surface area contributed by atoms with Crippen LogP contribution in [-0.4, -0.2) is 31.1 Å². The van der Waals surface area contributed by atoms with E-state index in [1.807, 2.05) is 24.3 Å². The summed E-state index contributed by atoms with van der Waals surface area (Å²) in [7, 11) is 2.26. The Morgan fingerprint density at radius 1 is 1.15 bits per heavy atom. The molecule has 1 fully saturated rings. The van der Waals surface area contributed by atoms with Crippen LogP contribution in [0.2, 0.25) is 0 Å². The number of rotatable bonds is 7. The zero-order chi connectivity index (χ0) is 14.2. The highest BCUT2D eigenvalue weighted by Crippen LogP contribution is 2.21. The first-order valence-electron chi connectivity index (χ1n) is 7.91. The van der Waals surface area contributed by atoms with Crippen LogP contribution in [0.4, 0.5) is 0 Å². The molecule has 3 heteroatoms. The monoisotopic (exact) mass is 276 g/mol. The lowest BCUT2D eigenvalue weighted by atomic mass is 9.94. The molecule has 2 rings (SSSR count). The highest BCUT2D eigenvalue weighted by atomic mass is 16.5. The number of nitrogens with zero attached hydrogens (tertiary/aromatic N) is 1. The fourth-order valence-corrected chi connectivity index (χ4v) is 2.93. The largest absolute Gasteiger partial charge is 0.494 e. The van der Waals surface area contributed by atoms with Crippen LogP contribution in [0.1, 0.15) is 44.1 Å². The summed E-state index contributed by atoms with van der Waals surface area (Å²) in [6.45, 7) is 2.51. The van der Waals surface area contributed by atoms with E-state index >= 15 is 0 Å². The Labute approximate surface area is 123 Å². The lowest BCUT2D eigenvalue weighted by Crippen LogP contribution is -2.34. The van der Waals surface area contributed by atoms with Crippen LogP contribution in [-0.2, 0) is 6.54 Å². The van der Waals surface area contributed by atoms with Crippen molar-refractivity contribution in [3.05, 3.63) is 29.8 Å². The highest BCUT2D eigenvalue weighted by molar-refractivity contribution is 5.26. The third kappa shape index (κ3) is 4.80. The summed E-state index contributed by atoms with van der Waals surface area (Å²) < 4.78 is 5.78. The summed E-state index contributed by atoms with van der Waals surface area (Å²) in [5, 5.41) is 0. The smallest absolute Gasteiger partial charge is 0.119 e. The van der Waals surface area contributed by atoms with Gasteiger partial charge in [0.2, 0.25) is 0 Å². The Morgan fingerprint density at radius 2 is 1.85 bits per heavy atom. The molecular formula is C17H28N2O. The minimum absolute atomic E-state index is 0.590. The molecule has 0 amide bonds. The predicted octanol–water partition coefficient (Wildman–Crippen LogP) is 3.18. The molecule has 0 aromatic heterocycles. The van der Waals surface area contributed by atoms with Gasteiger partial charge < -0.3 is 15.4 Å². The van der Waals surface area contributed by atoms with Crippen LogP contribution < -0.4 is 10.5 Å². The van der Waals surface area contributed by atoms with Gasteiger partial charge >= 0.3 is 0 Å². The van der Waals surface area contributed by atoms with Gasteiger partial charge in [-0.15, -0.1) is 0 Å². The van der Waals surface area contributed by atoms with Crippen molar-refractivity contribution < 1.29 is 4.74 Å². The summed E-state index contributed by atoms with van der Waals surface area (Å²) in [6, 6.07) is 8.88. The molecule has 0 bridgehead atoms. The molecule has 1 aliphatic rings. The molecule has 1 aromatic rings. The lowest BCUT2D eigenvalue weighted by Gasteiger charge is -2.31. The summed E-state index contributed by atoms with van der Waals surface area (Å²) in [4.78, 5) is 2.51. The topological polar surface area (TPSA) is 38.5 Å². The van der Waals surface area contributed by atoms with Crippen molar-refractivity contribution in [2.45, 2.75) is 51.1 Å². The Balaban J connectivity index is 1.62. The minimum atomic E-state index is 0.590. The van der Waals surface area contributed by atoms with Gasteiger partial charge in [-0.2, -0.15) is 0 Å². The molecule has 0 radical (unpaired) electrons. The maximum absolute atomic E-state index is 5.78. The maximum Gasteiger partial charge on any atom is 0.119 e. The van der Waals surface area contributed by atoms with E-state index < -0.39 is 0 Å². The van der Waals surface area contributed by atoms with Crippen LogP contribution in [0.25, 0.3) is 0 Å². The molecular weight excluding hydrogens is 248 g/mol. The van der Waals surface area contributed by atoms with Crippen LogP contribution in [0, 0.1) is 0 Å². The fraction of sp³-hybridized carbons (Fsp3) is 0.647. The summed E-state index contributed by atoms with van der Waals surface area (Å²) >= 11 is 0. The van der Waals surface area contributed by atoms with Crippen molar-refractivity contribution in [1.29, 1.82) is 0 Å². The van der Waals surface area contributed by atoms with Crippen LogP contribution in [0.3, 0.4) is 0 Å². The fourth-order valence-electron chi connectivity index (χ4n) is 2.93. The zero-order valence-electron chi connectivity index (χ0n) is 12.7. The van der Waals surface area contributed by atoms with Crippen LogP contribution in [0.5, 0.6) is 5.75 Å². The summed E-state index contributed by atoms with van der Waals surface area (Å²) in [5.41, 5.74) is 6.73. The average Bonchev–Trinajstić information content (AvgIpc) is 2.53. The normalized spacial score (nSPS) is 16.6. The number of ether oxygens (including phenoxy) is 1. The van der Waals surface area contributed by atoms with Crippen molar-refractivity contribution in [3.63, 3.8) is 0 Å². The second kappa shape index (κ2) is 8.28. The van der Waals surface area contributed by atoms with Crippen molar-refractivity contribution in [3.8, 4) is 5.75 Å². The van der Waals surface area contributed by atoms with E-state index in [9.17, 15) is 0 Å². The van der Waals surface area contributed by atoms with E-state index in [2.05, 4.69) is 11.9 Å². The van der Waals surface area contributed by atoms with Gasteiger partial charge in [0.15, 0.2) is 0 Å². The molecule has 0 heterocycles. The molecule has 0 spiro atoms. The summed E-state index contributed by atoms with van der Waals surface area (Å²) in [6.07, 6.45) is 8.06. The van der Waals surface area contributed by atoms with E-state index in [0.717, 1.165) is 36.9 Å². The number of hydrogen-bond acceptors (Lipinski definition) is 3. The van der Waals surface area contributed by atoms with Gasteiger partial charge in [-0.1, -0.05) is 31.4 Å². The lowest BCUT2D eigenvalue weighted by molar-refractivity contribution is 0.177. The van der Waals surface area contributed by atoms with Gasteiger partial charge in [-0.25, -0.2) is 0 Å². The first kappa shape index (κ1) is 15.3. The second-order valence-electron chi connectivity index (χ2n) is 5.82. The van der Waals surface area contributed by atoms with E-state index in [4.69, 9.17) is 10.5 Å². The minimum Gasteiger partial charge on any atom is -0.494 e. The highest BCUT2D eigenvalue weighted by Gasteiger charge is 2.17. The van der Waals surface area contributed by atoms with Crippen molar-refractivity contribution in [2.24, 2.45) is 5.73 Å². The number of benzene rings is 1. The number of hydrogen-bond donors (Lipinski definition) is 1. The van der Waals surface area contributed by atoms with Gasteiger partial charge in [-0.3, -0.25) is 0 Å². The molecule has 0 unspecified atom stereocenters. The van der Waals surface area contributed by atoms with E-state index in [-0.39, 0.29) is 0 Å². The van der Waals surface area contributed by atoms with Gasteiger partial charge in [0.25, 0.3) is 0 Å². The van der Waals surface area contributed by atoms with Gasteiger partial charge in [0, 0.05) is 19.1 Å². The molecule has 0 atom stereocenters. The molecule has 1 aliphatic carbocycles. The van der Waals surface area contributed by atoms with E-state index in [1.165, 1.54) is 32.1 Å². The van der Waals surface area contributed by atoms with Crippen LogP contribution >= 0.6 is 0 Å². The molecule has 0 aliphatic heterocycles. The SMILES string of the molecule is CN(CCCOc1ccc(CN)cc1)C1CCCCC1. The Kier molecular flexibility index (Phi) is 6.34. The van der Waals surface area contributed by atoms with Crippen LogP contribution in [0.15, 0.2) is 24.3 Å². The van der Waals surface area contributed by atoms with Crippen molar-refractivity contribution in [1.82, 2.24) is 4.90 Å². The average molecular weight is 276 g/mol. The van der Waals surface area contributed by atoms with Crippen molar-refractivity contribution in [2.75, 3.05) is 20.2 Å². The molecule has 1 saturated carbocycles. The predicted molar refractivity (Wildman–Crippen MR) is 83.9 cm³/mol. The standard InChI is InChI=1S/C17H28N2O/c1-19(16-6-3-2-4-7-16)12-5-13-20-17-10-8-15(14-18)9-11-17/h8-11,16H,2-7,12-14,18H2,1H3. The first-order chi connectivity index (χ1) is 9.79. The first-order valence-corrected chi connectivity index (χ1v) is 7.91. The van der Waals surface area contributed by atoms with Gasteiger partial charge in [-0.05, 0) is 44.0 Å². The Morgan fingerprint density at radius 3 is 2.50 bits per heavy atom. The molecule has 2 N–H and O–H groups in total. The molecule has 20 heavy (non-hydrogen) atoms. The molecule has 1 aromatic carbocycles. The number of nitrogens with two attached hydrogens (primary N) is 1. The second-order valence-corrected chi connectivity index (χ2v) is 5.82. The third-order valence-corrected chi connectivity index (χ3v) is 4.28. The maximum atomic E-state index is 5.78. The van der Waals surface area contributed by atoms with Gasteiger partial charge in [0.05, 0.1) is 6.61 Å². The third-order valence-electron chi connectivity index (χ3n) is 4.28. The summed E-state index contributed by atoms with van der Waals surface area (Å²) in [5.74, 6) is 0.947. The zero-order valence-corrected chi connectivity index (χ0v) is 12.7. The van der Waals surface area contributed by atoms with E-state index in [1.54, 1.807) is 0 Å². The molecule has 3 nitrogen and oxygen atoms in total. The Bertz CT molecular complexity index is 371. The molecule has 112 valence electrons.